The zero-order chi connectivity index (χ0) is 9.84. The predicted molar refractivity (Wildman–Crippen MR) is 54.8 cm³/mol. The van der Waals surface area contributed by atoms with E-state index >= 15 is 0 Å². The quantitative estimate of drug-likeness (QED) is 0.563. The van der Waals surface area contributed by atoms with Crippen molar-refractivity contribution < 1.29 is 4.79 Å². The number of nitrogen functional groups attached to an aromatic ring is 1. The Bertz CT molecular complexity index is 295. The molecule has 0 fully saturated rings. The van der Waals surface area contributed by atoms with Gasteiger partial charge in [0.2, 0.25) is 5.91 Å². The number of carbonyl (C=O) groups is 1. The maximum Gasteiger partial charge on any atom is 0.242 e. The van der Waals surface area contributed by atoms with Crippen molar-refractivity contribution in [1.29, 1.82) is 0 Å². The minimum absolute atomic E-state index is 0.216. The lowest BCUT2D eigenvalue weighted by atomic mass is 10.3. The van der Waals surface area contributed by atoms with Gasteiger partial charge in [-0.15, -0.1) is 11.6 Å². The highest BCUT2D eigenvalue weighted by Crippen LogP contribution is 2.11. The number of nitrogens with one attached hydrogen (secondary N) is 1. The van der Waals surface area contributed by atoms with Crippen molar-refractivity contribution in [1.82, 2.24) is 0 Å². The van der Waals surface area contributed by atoms with Crippen LogP contribution in [0.3, 0.4) is 0 Å². The van der Waals surface area contributed by atoms with Gasteiger partial charge in [0.05, 0.1) is 0 Å². The number of nitrogens with two attached hydrogens (primary N) is 1. The van der Waals surface area contributed by atoms with Crippen LogP contribution < -0.4 is 11.1 Å². The van der Waals surface area contributed by atoms with E-state index in [-0.39, 0.29) is 5.91 Å². The number of benzene rings is 1. The Balaban J connectivity index is 2.65. The molecular formula is C9H11ClN2O. The smallest absolute Gasteiger partial charge is 0.242 e. The number of hydrogen-bond acceptors (Lipinski definition) is 2. The fourth-order valence-corrected chi connectivity index (χ4v) is 0.863. The predicted octanol–water partition coefficient (Wildman–Crippen LogP) is 1.83. The first-order chi connectivity index (χ1) is 6.09. The van der Waals surface area contributed by atoms with Crippen molar-refractivity contribution >= 4 is 28.9 Å². The molecule has 0 radical (unpaired) electrons. The van der Waals surface area contributed by atoms with Crippen LogP contribution in [0.25, 0.3) is 0 Å². The molecule has 0 heterocycles. The monoisotopic (exact) mass is 198 g/mol. The van der Waals surface area contributed by atoms with Crippen molar-refractivity contribution in [2.75, 3.05) is 11.1 Å². The van der Waals surface area contributed by atoms with E-state index < -0.39 is 5.38 Å². The standard InChI is InChI=1S/C9H11ClN2O/c1-6(10)9(13)12-8-4-2-7(11)3-5-8/h2-6H,11H2,1H3,(H,12,13)/t6-/m0/s1. The van der Waals surface area contributed by atoms with Gasteiger partial charge in [-0.3, -0.25) is 4.79 Å². The highest BCUT2D eigenvalue weighted by Gasteiger charge is 2.08. The highest BCUT2D eigenvalue weighted by molar-refractivity contribution is 6.32. The number of rotatable bonds is 2. The van der Waals surface area contributed by atoms with Gasteiger partial charge in [-0.25, -0.2) is 0 Å². The largest absolute Gasteiger partial charge is 0.399 e. The van der Waals surface area contributed by atoms with E-state index in [4.69, 9.17) is 17.3 Å². The molecule has 0 saturated carbocycles. The van der Waals surface area contributed by atoms with Gasteiger partial charge < -0.3 is 11.1 Å². The molecule has 0 aliphatic heterocycles. The molecule has 3 nitrogen and oxygen atoms in total. The van der Waals surface area contributed by atoms with E-state index in [1.165, 1.54) is 0 Å². The summed E-state index contributed by atoms with van der Waals surface area (Å²) in [7, 11) is 0. The Labute approximate surface area is 81.9 Å². The number of halogens is 1. The summed E-state index contributed by atoms with van der Waals surface area (Å²) in [5.74, 6) is -0.216. The van der Waals surface area contributed by atoms with Gasteiger partial charge in [-0.2, -0.15) is 0 Å². The summed E-state index contributed by atoms with van der Waals surface area (Å²) in [5.41, 5.74) is 6.84. The molecule has 70 valence electrons. The van der Waals surface area contributed by atoms with Crippen LogP contribution >= 0.6 is 11.6 Å². The third-order valence-corrected chi connectivity index (χ3v) is 1.74. The van der Waals surface area contributed by atoms with Crippen LogP contribution in [0.5, 0.6) is 0 Å². The lowest BCUT2D eigenvalue weighted by Crippen LogP contribution is -2.20. The molecule has 0 saturated heterocycles. The Kier molecular flexibility index (Phi) is 3.14. The normalized spacial score (nSPS) is 12.2. The highest BCUT2D eigenvalue weighted by atomic mass is 35.5. The molecule has 1 amide bonds. The van der Waals surface area contributed by atoms with Crippen LogP contribution in [-0.2, 0) is 4.79 Å². The van der Waals surface area contributed by atoms with Crippen molar-refractivity contribution in [3.8, 4) is 0 Å². The van der Waals surface area contributed by atoms with E-state index in [1.807, 2.05) is 0 Å². The zero-order valence-corrected chi connectivity index (χ0v) is 8.01. The van der Waals surface area contributed by atoms with Gasteiger partial charge in [0.25, 0.3) is 0 Å². The second-order valence-electron chi connectivity index (χ2n) is 2.73. The van der Waals surface area contributed by atoms with Crippen LogP contribution in [0.2, 0.25) is 0 Å². The minimum Gasteiger partial charge on any atom is -0.399 e. The topological polar surface area (TPSA) is 55.1 Å². The Morgan fingerprint density at radius 1 is 1.46 bits per heavy atom. The fraction of sp³-hybridized carbons (Fsp3) is 0.222. The summed E-state index contributed by atoms with van der Waals surface area (Å²) in [6.45, 7) is 1.62. The Hall–Kier alpha value is -1.22. The van der Waals surface area contributed by atoms with Crippen LogP contribution in [0, 0.1) is 0 Å². The van der Waals surface area contributed by atoms with Gasteiger partial charge >= 0.3 is 0 Å². The first kappa shape index (κ1) is 9.86. The summed E-state index contributed by atoms with van der Waals surface area (Å²) < 4.78 is 0. The summed E-state index contributed by atoms with van der Waals surface area (Å²) >= 11 is 5.57. The molecule has 0 spiro atoms. The molecule has 1 aromatic carbocycles. The lowest BCUT2D eigenvalue weighted by molar-refractivity contribution is -0.115. The zero-order valence-electron chi connectivity index (χ0n) is 7.25. The molecule has 0 aromatic heterocycles. The van der Waals surface area contributed by atoms with E-state index in [9.17, 15) is 4.79 Å². The van der Waals surface area contributed by atoms with E-state index in [0.29, 0.717) is 11.4 Å². The number of amides is 1. The van der Waals surface area contributed by atoms with Gasteiger partial charge in [0, 0.05) is 11.4 Å². The van der Waals surface area contributed by atoms with Crippen LogP contribution in [-0.4, -0.2) is 11.3 Å². The molecule has 1 rings (SSSR count). The summed E-state index contributed by atoms with van der Waals surface area (Å²) in [4.78, 5) is 11.1. The van der Waals surface area contributed by atoms with Crippen molar-refractivity contribution in [3.05, 3.63) is 24.3 Å². The van der Waals surface area contributed by atoms with Gasteiger partial charge in [-0.05, 0) is 31.2 Å². The van der Waals surface area contributed by atoms with Crippen molar-refractivity contribution in [2.45, 2.75) is 12.3 Å². The van der Waals surface area contributed by atoms with E-state index in [0.717, 1.165) is 0 Å². The van der Waals surface area contributed by atoms with Crippen LogP contribution in [0.4, 0.5) is 11.4 Å². The summed E-state index contributed by atoms with van der Waals surface area (Å²) in [6.07, 6.45) is 0. The third-order valence-electron chi connectivity index (χ3n) is 1.54. The third kappa shape index (κ3) is 2.95. The molecule has 1 atom stereocenters. The Morgan fingerprint density at radius 2 is 2.00 bits per heavy atom. The van der Waals surface area contributed by atoms with E-state index in [1.54, 1.807) is 31.2 Å². The van der Waals surface area contributed by atoms with E-state index in [2.05, 4.69) is 5.32 Å². The van der Waals surface area contributed by atoms with Gasteiger partial charge in [0.1, 0.15) is 5.38 Å². The maximum absolute atomic E-state index is 11.1. The molecular weight excluding hydrogens is 188 g/mol. The fourth-order valence-electron chi connectivity index (χ4n) is 0.808. The molecule has 13 heavy (non-hydrogen) atoms. The molecule has 0 aliphatic carbocycles. The molecule has 3 N–H and O–H groups in total. The average molecular weight is 199 g/mol. The maximum atomic E-state index is 11.1. The van der Waals surface area contributed by atoms with Crippen LogP contribution in [0.1, 0.15) is 6.92 Å². The first-order valence-electron chi connectivity index (χ1n) is 3.90. The minimum atomic E-state index is -0.530. The first-order valence-corrected chi connectivity index (χ1v) is 4.33. The number of anilines is 2. The Morgan fingerprint density at radius 3 is 2.46 bits per heavy atom. The van der Waals surface area contributed by atoms with Crippen LogP contribution in [0.15, 0.2) is 24.3 Å². The second-order valence-corrected chi connectivity index (χ2v) is 3.38. The molecule has 1 aromatic rings. The lowest BCUT2D eigenvalue weighted by Gasteiger charge is -2.05. The SMILES string of the molecule is C[C@H](Cl)C(=O)Nc1ccc(N)cc1. The average Bonchev–Trinajstić information content (AvgIpc) is 2.08. The number of carbonyl (C=O) groups excluding carboxylic acids is 1. The molecule has 4 heteroatoms. The van der Waals surface area contributed by atoms with Crippen molar-refractivity contribution in [2.24, 2.45) is 0 Å². The molecule has 0 unspecified atom stereocenters. The summed E-state index contributed by atoms with van der Waals surface area (Å²) in [6, 6.07) is 6.89. The number of alkyl halides is 1. The molecule has 0 bridgehead atoms. The van der Waals surface area contributed by atoms with Gasteiger partial charge in [-0.1, -0.05) is 0 Å². The van der Waals surface area contributed by atoms with Crippen molar-refractivity contribution in [3.63, 3.8) is 0 Å². The number of hydrogen-bond donors (Lipinski definition) is 2. The van der Waals surface area contributed by atoms with Gasteiger partial charge in [0.15, 0.2) is 0 Å². The molecule has 0 aliphatic rings. The summed E-state index contributed by atoms with van der Waals surface area (Å²) in [5, 5.41) is 2.11. The second kappa shape index (κ2) is 4.14.